The van der Waals surface area contributed by atoms with Crippen LogP contribution >= 0.6 is 0 Å². The minimum absolute atomic E-state index is 0.0603. The lowest BCUT2D eigenvalue weighted by Crippen LogP contribution is -2.50. The topological polar surface area (TPSA) is 68.3 Å². The zero-order chi connectivity index (χ0) is 11.6. The Morgan fingerprint density at radius 2 is 2.44 bits per heavy atom. The summed E-state index contributed by atoms with van der Waals surface area (Å²) >= 11 is 0. The first-order chi connectivity index (χ1) is 7.68. The van der Waals surface area contributed by atoms with Crippen LogP contribution in [0.4, 0.5) is 0 Å². The third-order valence-corrected chi connectivity index (χ3v) is 3.50. The maximum atomic E-state index is 12.1. The van der Waals surface area contributed by atoms with E-state index in [0.29, 0.717) is 6.54 Å². The van der Waals surface area contributed by atoms with Crippen LogP contribution in [0.3, 0.4) is 0 Å². The zero-order valence-corrected chi connectivity index (χ0v) is 9.53. The highest BCUT2D eigenvalue weighted by Gasteiger charge is 2.43. The molecule has 1 fully saturated rings. The third kappa shape index (κ3) is 1.85. The van der Waals surface area contributed by atoms with Gasteiger partial charge in [0, 0.05) is 6.54 Å². The van der Waals surface area contributed by atoms with Crippen molar-refractivity contribution in [3.63, 3.8) is 0 Å². The van der Waals surface area contributed by atoms with E-state index in [2.05, 4.69) is 5.32 Å². The number of hydrogen-bond acceptors (Lipinski definition) is 3. The van der Waals surface area contributed by atoms with Gasteiger partial charge in [0.15, 0.2) is 0 Å². The van der Waals surface area contributed by atoms with Crippen LogP contribution in [0.15, 0.2) is 22.8 Å². The molecule has 4 heteroatoms. The van der Waals surface area contributed by atoms with Crippen molar-refractivity contribution in [1.29, 1.82) is 0 Å². The van der Waals surface area contributed by atoms with Gasteiger partial charge in [-0.1, -0.05) is 6.42 Å². The van der Waals surface area contributed by atoms with Crippen LogP contribution in [0, 0.1) is 5.41 Å². The number of nitrogens with one attached hydrogen (secondary N) is 1. The number of rotatable bonds is 4. The molecule has 1 amide bonds. The maximum absolute atomic E-state index is 12.1. The summed E-state index contributed by atoms with van der Waals surface area (Å²) in [6, 6.07) is 3.59. The number of nitrogens with two attached hydrogens (primary N) is 1. The molecule has 1 heterocycles. The van der Waals surface area contributed by atoms with E-state index in [1.54, 1.807) is 6.26 Å². The molecule has 88 valence electrons. The van der Waals surface area contributed by atoms with E-state index in [-0.39, 0.29) is 17.4 Å². The second-order valence-electron chi connectivity index (χ2n) is 4.55. The Morgan fingerprint density at radius 3 is 2.88 bits per heavy atom. The van der Waals surface area contributed by atoms with Gasteiger partial charge in [-0.2, -0.15) is 0 Å². The number of furan rings is 1. The summed E-state index contributed by atoms with van der Waals surface area (Å²) in [6.45, 7) is 2.35. The molecule has 1 aromatic rings. The van der Waals surface area contributed by atoms with Crippen molar-refractivity contribution in [2.45, 2.75) is 32.2 Å². The number of hydrogen-bond donors (Lipinski definition) is 2. The van der Waals surface area contributed by atoms with Crippen LogP contribution in [-0.2, 0) is 4.79 Å². The Labute approximate surface area is 95.2 Å². The fraction of sp³-hybridized carbons (Fsp3) is 0.583. The molecule has 3 N–H and O–H groups in total. The number of carbonyl (C=O) groups is 1. The van der Waals surface area contributed by atoms with Gasteiger partial charge in [-0.15, -0.1) is 0 Å². The van der Waals surface area contributed by atoms with Crippen LogP contribution in [0.2, 0.25) is 0 Å². The second-order valence-corrected chi connectivity index (χ2v) is 4.55. The standard InChI is InChI=1S/C12H18N2O2/c1-9(10-4-2-7-16-10)14-11(15)12(8-13)5-3-6-12/h2,4,7,9H,3,5-6,8,13H2,1H3,(H,14,15). The Hall–Kier alpha value is -1.29. The fourth-order valence-electron chi connectivity index (χ4n) is 2.09. The van der Waals surface area contributed by atoms with E-state index in [4.69, 9.17) is 10.2 Å². The van der Waals surface area contributed by atoms with Gasteiger partial charge in [-0.25, -0.2) is 0 Å². The van der Waals surface area contributed by atoms with E-state index in [1.165, 1.54) is 0 Å². The molecule has 1 aliphatic rings. The number of amides is 1. The largest absolute Gasteiger partial charge is 0.467 e. The van der Waals surface area contributed by atoms with Crippen molar-refractivity contribution in [3.05, 3.63) is 24.2 Å². The highest BCUT2D eigenvalue weighted by molar-refractivity contribution is 5.84. The minimum atomic E-state index is -0.319. The molecule has 1 unspecified atom stereocenters. The van der Waals surface area contributed by atoms with Gasteiger partial charge in [-0.05, 0) is 31.9 Å². The van der Waals surface area contributed by atoms with Gasteiger partial charge in [0.1, 0.15) is 5.76 Å². The molecular formula is C12H18N2O2. The average molecular weight is 222 g/mol. The molecule has 1 aliphatic carbocycles. The highest BCUT2D eigenvalue weighted by atomic mass is 16.3. The monoisotopic (exact) mass is 222 g/mol. The van der Waals surface area contributed by atoms with Crippen molar-refractivity contribution < 1.29 is 9.21 Å². The molecule has 0 saturated heterocycles. The molecule has 1 aromatic heterocycles. The molecule has 0 aliphatic heterocycles. The molecule has 0 radical (unpaired) electrons. The van der Waals surface area contributed by atoms with E-state index in [9.17, 15) is 4.79 Å². The van der Waals surface area contributed by atoms with Gasteiger partial charge in [0.05, 0.1) is 17.7 Å². The van der Waals surface area contributed by atoms with Gasteiger partial charge >= 0.3 is 0 Å². The summed E-state index contributed by atoms with van der Waals surface area (Å²) in [7, 11) is 0. The summed E-state index contributed by atoms with van der Waals surface area (Å²) in [5, 5.41) is 2.96. The van der Waals surface area contributed by atoms with Crippen molar-refractivity contribution in [3.8, 4) is 0 Å². The van der Waals surface area contributed by atoms with Crippen LogP contribution < -0.4 is 11.1 Å². The lowest BCUT2D eigenvalue weighted by Gasteiger charge is -2.39. The Morgan fingerprint density at radius 1 is 1.69 bits per heavy atom. The molecule has 1 atom stereocenters. The van der Waals surface area contributed by atoms with Gasteiger partial charge in [0.2, 0.25) is 5.91 Å². The van der Waals surface area contributed by atoms with Crippen LogP contribution in [-0.4, -0.2) is 12.5 Å². The smallest absolute Gasteiger partial charge is 0.228 e. The zero-order valence-electron chi connectivity index (χ0n) is 9.53. The van der Waals surface area contributed by atoms with Gasteiger partial charge in [-0.3, -0.25) is 4.79 Å². The second kappa shape index (κ2) is 4.29. The van der Waals surface area contributed by atoms with Crippen molar-refractivity contribution in [2.75, 3.05) is 6.54 Å². The first-order valence-corrected chi connectivity index (χ1v) is 5.72. The Balaban J connectivity index is 1.97. The van der Waals surface area contributed by atoms with Crippen molar-refractivity contribution >= 4 is 5.91 Å². The minimum Gasteiger partial charge on any atom is -0.467 e. The fourth-order valence-corrected chi connectivity index (χ4v) is 2.09. The summed E-state index contributed by atoms with van der Waals surface area (Å²) in [4.78, 5) is 12.1. The summed E-state index contributed by atoms with van der Waals surface area (Å²) in [6.07, 6.45) is 4.51. The van der Waals surface area contributed by atoms with Crippen LogP contribution in [0.5, 0.6) is 0 Å². The molecule has 16 heavy (non-hydrogen) atoms. The summed E-state index contributed by atoms with van der Waals surface area (Å²) in [5.41, 5.74) is 5.36. The van der Waals surface area contributed by atoms with Crippen molar-refractivity contribution in [1.82, 2.24) is 5.32 Å². The van der Waals surface area contributed by atoms with E-state index < -0.39 is 0 Å². The first kappa shape index (κ1) is 11.2. The maximum Gasteiger partial charge on any atom is 0.228 e. The molecule has 4 nitrogen and oxygen atoms in total. The lowest BCUT2D eigenvalue weighted by atomic mass is 9.68. The third-order valence-electron chi connectivity index (χ3n) is 3.50. The van der Waals surface area contributed by atoms with Crippen LogP contribution in [0.1, 0.15) is 38.0 Å². The molecule has 1 saturated carbocycles. The Kier molecular flexibility index (Phi) is 3.01. The van der Waals surface area contributed by atoms with Gasteiger partial charge in [0.25, 0.3) is 0 Å². The molecule has 0 aromatic carbocycles. The molecule has 2 rings (SSSR count). The summed E-state index contributed by atoms with van der Waals surface area (Å²) in [5.74, 6) is 0.838. The van der Waals surface area contributed by atoms with E-state index >= 15 is 0 Å². The molecule has 0 bridgehead atoms. The van der Waals surface area contributed by atoms with Gasteiger partial charge < -0.3 is 15.5 Å². The predicted octanol–water partition coefficient (Wildman–Crippen LogP) is 1.59. The highest BCUT2D eigenvalue weighted by Crippen LogP contribution is 2.40. The SMILES string of the molecule is CC(NC(=O)C1(CN)CCC1)c1ccco1. The Bertz CT molecular complexity index is 350. The normalized spacial score (nSPS) is 19.9. The molecular weight excluding hydrogens is 204 g/mol. The van der Waals surface area contributed by atoms with E-state index in [1.807, 2.05) is 19.1 Å². The molecule has 0 spiro atoms. The predicted molar refractivity (Wildman–Crippen MR) is 60.6 cm³/mol. The average Bonchev–Trinajstić information content (AvgIpc) is 2.69. The lowest BCUT2D eigenvalue weighted by molar-refractivity contribution is -0.136. The van der Waals surface area contributed by atoms with Crippen LogP contribution in [0.25, 0.3) is 0 Å². The number of carbonyl (C=O) groups excluding carboxylic acids is 1. The van der Waals surface area contributed by atoms with Crippen molar-refractivity contribution in [2.24, 2.45) is 11.1 Å². The summed E-state index contributed by atoms with van der Waals surface area (Å²) < 4.78 is 5.25. The van der Waals surface area contributed by atoms with E-state index in [0.717, 1.165) is 25.0 Å². The first-order valence-electron chi connectivity index (χ1n) is 5.72. The quantitative estimate of drug-likeness (QED) is 0.812.